The van der Waals surface area contributed by atoms with Gasteiger partial charge in [0.2, 0.25) is 0 Å². The van der Waals surface area contributed by atoms with Gasteiger partial charge in [0, 0.05) is 31.3 Å². The molecule has 218 valence electrons. The van der Waals surface area contributed by atoms with Gasteiger partial charge < -0.3 is 34.7 Å². The molecule has 5 rings (SSSR count). The monoisotopic (exact) mass is 573 g/mol. The first-order valence-electron chi connectivity index (χ1n) is 13.4. The average Bonchev–Trinajstić information content (AvgIpc) is 3.55. The van der Waals surface area contributed by atoms with E-state index in [1.807, 2.05) is 18.5 Å². The van der Waals surface area contributed by atoms with E-state index in [2.05, 4.69) is 10.3 Å². The molecule has 0 radical (unpaired) electrons. The van der Waals surface area contributed by atoms with Gasteiger partial charge in [-0.1, -0.05) is 12.1 Å². The van der Waals surface area contributed by atoms with Crippen LogP contribution in [0, 0.1) is 5.41 Å². The van der Waals surface area contributed by atoms with Gasteiger partial charge in [-0.3, -0.25) is 15.0 Å². The number of hydrogen-bond donors (Lipinski definition) is 5. The number of amides is 1. The number of aromatic carboxylic acids is 1. The number of carboxylic acid groups (broad SMARTS) is 2. The Balaban J connectivity index is 1.25. The van der Waals surface area contributed by atoms with E-state index in [1.54, 1.807) is 41.3 Å². The number of amidine groups is 1. The Hall–Kier alpha value is -5.20. The van der Waals surface area contributed by atoms with Gasteiger partial charge in [-0.05, 0) is 37.3 Å². The van der Waals surface area contributed by atoms with Crippen LogP contribution in [0.15, 0.2) is 42.5 Å². The molecule has 1 aliphatic rings. The van der Waals surface area contributed by atoms with Gasteiger partial charge in [0.25, 0.3) is 5.91 Å². The highest BCUT2D eigenvalue weighted by Gasteiger charge is 2.26. The van der Waals surface area contributed by atoms with Crippen molar-refractivity contribution in [2.75, 3.05) is 19.7 Å². The number of hydrogen-bond acceptors (Lipinski definition) is 7. The highest BCUT2D eigenvalue weighted by molar-refractivity contribution is 5.97. The Morgan fingerprint density at radius 3 is 2.71 bits per heavy atom. The van der Waals surface area contributed by atoms with Crippen LogP contribution in [0.5, 0.6) is 5.75 Å². The summed E-state index contributed by atoms with van der Waals surface area (Å²) < 4.78 is 7.48. The first-order valence-corrected chi connectivity index (χ1v) is 13.4. The number of H-pyrrole nitrogens is 1. The second-order valence-electron chi connectivity index (χ2n) is 10.1. The summed E-state index contributed by atoms with van der Waals surface area (Å²) in [7, 11) is 1.88. The SMILES string of the molecule is CC(c1nc2c([nH]1)CCN(C(=N)CC(=O)O)C2)c1nc2ccc(C(=O)NCCOc3ccccc3C(=O)O)cc2n1C. The number of para-hydroxylation sites is 1. The predicted octanol–water partition coefficient (Wildman–Crippen LogP) is 2.77. The van der Waals surface area contributed by atoms with E-state index in [0.717, 1.165) is 34.1 Å². The molecule has 4 aromatic rings. The predicted molar refractivity (Wildman–Crippen MR) is 152 cm³/mol. The zero-order valence-corrected chi connectivity index (χ0v) is 23.2. The fraction of sp³-hybridized carbons (Fsp3) is 0.310. The number of aromatic amines is 1. The van der Waals surface area contributed by atoms with Gasteiger partial charge in [0.05, 0.1) is 35.7 Å². The van der Waals surface area contributed by atoms with Crippen molar-refractivity contribution in [3.05, 3.63) is 76.6 Å². The number of benzene rings is 2. The Morgan fingerprint density at radius 2 is 1.95 bits per heavy atom. The van der Waals surface area contributed by atoms with Gasteiger partial charge in [-0.25, -0.2) is 14.8 Å². The summed E-state index contributed by atoms with van der Waals surface area (Å²) in [6.07, 6.45) is 0.313. The van der Waals surface area contributed by atoms with Crippen molar-refractivity contribution >= 4 is 34.7 Å². The lowest BCUT2D eigenvalue weighted by Gasteiger charge is -2.27. The van der Waals surface area contributed by atoms with Crippen molar-refractivity contribution in [3.63, 3.8) is 0 Å². The lowest BCUT2D eigenvalue weighted by molar-refractivity contribution is -0.135. The molecule has 1 amide bonds. The van der Waals surface area contributed by atoms with Crippen LogP contribution in [0.25, 0.3) is 11.0 Å². The Kier molecular flexibility index (Phi) is 7.91. The van der Waals surface area contributed by atoms with E-state index < -0.39 is 11.9 Å². The number of carbonyl (C=O) groups is 3. The molecule has 13 heteroatoms. The number of fused-ring (bicyclic) bond motifs is 2. The molecule has 42 heavy (non-hydrogen) atoms. The summed E-state index contributed by atoms with van der Waals surface area (Å²) in [5.74, 6) is -0.801. The minimum atomic E-state index is -1.08. The van der Waals surface area contributed by atoms with E-state index >= 15 is 0 Å². The molecule has 2 aromatic carbocycles. The number of aryl methyl sites for hydroxylation is 1. The van der Waals surface area contributed by atoms with E-state index in [4.69, 9.17) is 25.2 Å². The highest BCUT2D eigenvalue weighted by Crippen LogP contribution is 2.28. The van der Waals surface area contributed by atoms with Gasteiger partial charge in [0.1, 0.15) is 41.8 Å². The maximum atomic E-state index is 12.8. The topological polar surface area (TPSA) is 187 Å². The van der Waals surface area contributed by atoms with Gasteiger partial charge in [-0.2, -0.15) is 0 Å². The van der Waals surface area contributed by atoms with Gasteiger partial charge in [0.15, 0.2) is 0 Å². The summed E-state index contributed by atoms with van der Waals surface area (Å²) in [6, 6.07) is 11.6. The summed E-state index contributed by atoms with van der Waals surface area (Å²) in [6.45, 7) is 3.22. The van der Waals surface area contributed by atoms with Crippen LogP contribution < -0.4 is 10.1 Å². The Bertz CT molecular complexity index is 1690. The normalized spacial score (nSPS) is 13.4. The summed E-state index contributed by atoms with van der Waals surface area (Å²) in [5, 5.41) is 29.1. The lowest BCUT2D eigenvalue weighted by Crippen LogP contribution is -2.36. The molecule has 0 bridgehead atoms. The molecule has 1 unspecified atom stereocenters. The molecular formula is C29H31N7O6. The van der Waals surface area contributed by atoms with E-state index in [0.29, 0.717) is 25.1 Å². The van der Waals surface area contributed by atoms with Gasteiger partial charge in [-0.15, -0.1) is 0 Å². The van der Waals surface area contributed by atoms with Crippen LogP contribution in [0.4, 0.5) is 0 Å². The number of imidazole rings is 2. The zero-order valence-electron chi connectivity index (χ0n) is 23.2. The maximum absolute atomic E-state index is 12.8. The van der Waals surface area contributed by atoms with Crippen molar-refractivity contribution in [3.8, 4) is 5.75 Å². The zero-order chi connectivity index (χ0) is 30.0. The number of ether oxygens (including phenoxy) is 1. The smallest absolute Gasteiger partial charge is 0.339 e. The molecule has 3 heterocycles. The first-order chi connectivity index (χ1) is 20.1. The number of aromatic nitrogens is 4. The molecule has 2 aromatic heterocycles. The second-order valence-corrected chi connectivity index (χ2v) is 10.1. The maximum Gasteiger partial charge on any atom is 0.339 e. The van der Waals surface area contributed by atoms with Crippen molar-refractivity contribution in [2.45, 2.75) is 32.2 Å². The number of nitrogens with zero attached hydrogens (tertiary/aromatic N) is 4. The van der Waals surface area contributed by atoms with Crippen LogP contribution in [-0.2, 0) is 24.8 Å². The fourth-order valence-electron chi connectivity index (χ4n) is 5.06. The van der Waals surface area contributed by atoms with Crippen LogP contribution in [0.2, 0.25) is 0 Å². The molecule has 0 aliphatic carbocycles. The number of nitrogens with one attached hydrogen (secondary N) is 3. The highest BCUT2D eigenvalue weighted by atomic mass is 16.5. The van der Waals surface area contributed by atoms with Crippen LogP contribution in [0.3, 0.4) is 0 Å². The fourth-order valence-corrected chi connectivity index (χ4v) is 5.06. The van der Waals surface area contributed by atoms with Crippen LogP contribution in [0.1, 0.15) is 63.0 Å². The molecule has 1 aliphatic heterocycles. The van der Waals surface area contributed by atoms with E-state index in [9.17, 15) is 19.5 Å². The molecule has 13 nitrogen and oxygen atoms in total. The number of carboxylic acids is 2. The second kappa shape index (κ2) is 11.7. The van der Waals surface area contributed by atoms with Crippen molar-refractivity contribution in [2.24, 2.45) is 7.05 Å². The first kappa shape index (κ1) is 28.3. The molecule has 0 fully saturated rings. The molecular weight excluding hydrogens is 542 g/mol. The van der Waals surface area contributed by atoms with Crippen LogP contribution in [-0.4, -0.2) is 78.0 Å². The third-order valence-electron chi connectivity index (χ3n) is 7.29. The van der Waals surface area contributed by atoms with Crippen molar-refractivity contribution < 1.29 is 29.3 Å². The molecule has 0 saturated carbocycles. The van der Waals surface area contributed by atoms with Crippen LogP contribution >= 0.6 is 0 Å². The Labute approximate surface area is 240 Å². The third kappa shape index (κ3) is 5.80. The van der Waals surface area contributed by atoms with Crippen molar-refractivity contribution in [1.29, 1.82) is 5.41 Å². The summed E-state index contributed by atoms with van der Waals surface area (Å²) in [4.78, 5) is 49.9. The van der Waals surface area contributed by atoms with E-state index in [-0.39, 0.29) is 48.5 Å². The molecule has 1 atom stereocenters. The summed E-state index contributed by atoms with van der Waals surface area (Å²) >= 11 is 0. The lowest BCUT2D eigenvalue weighted by atomic mass is 10.1. The summed E-state index contributed by atoms with van der Waals surface area (Å²) in [5.41, 5.74) is 3.79. The molecule has 0 saturated heterocycles. The third-order valence-corrected chi connectivity index (χ3v) is 7.29. The number of rotatable bonds is 10. The molecule has 5 N–H and O–H groups in total. The average molecular weight is 574 g/mol. The Morgan fingerprint density at radius 1 is 1.17 bits per heavy atom. The van der Waals surface area contributed by atoms with Crippen molar-refractivity contribution in [1.82, 2.24) is 29.7 Å². The largest absolute Gasteiger partial charge is 0.491 e. The minimum Gasteiger partial charge on any atom is -0.491 e. The standard InChI is InChI=1S/C29H31N7O6/c1-16(26-32-19-9-11-36(15-21(19)33-26)24(30)14-25(37)38)27-34-20-8-7-17(13-22(20)35(27)2)28(39)31-10-12-42-23-6-4-3-5-18(23)29(40)41/h3-8,13,16,30H,9-12,14-15H2,1-2H3,(H,31,39)(H,32,33)(H,37,38)(H,40,41). The number of carbonyl (C=O) groups excluding carboxylic acids is 1. The van der Waals surface area contributed by atoms with Gasteiger partial charge >= 0.3 is 11.9 Å². The molecule has 0 spiro atoms. The van der Waals surface area contributed by atoms with E-state index in [1.165, 1.54) is 6.07 Å². The quantitative estimate of drug-likeness (QED) is 0.108. The number of aliphatic carboxylic acids is 1. The minimum absolute atomic E-state index is 0.0587.